The van der Waals surface area contributed by atoms with E-state index in [1.165, 1.54) is 97.7 Å². The largest absolute Gasteiger partial charge is 0.310 e. The van der Waals surface area contributed by atoms with Crippen molar-refractivity contribution >= 4 is 59.3 Å². The third kappa shape index (κ3) is 6.29. The highest BCUT2D eigenvalue weighted by atomic mass is 32.1. The molecule has 0 atom stereocenters. The standard InChI is InChI=1S/C61H43NS/c1-61(2)56-38-45(41-15-7-4-8-16-41)27-32-51(56)52-33-31-48(39-57(52)61)62(47-29-25-44(26-30-47)43-23-21-42(22-24-43)40-13-5-3-6-14-40)58-35-34-49(50-17-9-10-18-53(50)58)46-28-36-60-55(37-46)54-19-11-12-20-59(54)63-60/h3-39H,1-2H3. The number of anilines is 3. The van der Waals surface area contributed by atoms with Crippen molar-refractivity contribution in [2.45, 2.75) is 19.3 Å². The molecule has 0 bridgehead atoms. The summed E-state index contributed by atoms with van der Waals surface area (Å²) in [6.45, 7) is 4.77. The summed E-state index contributed by atoms with van der Waals surface area (Å²) in [5.41, 5.74) is 18.4. The number of nitrogens with zero attached hydrogens (tertiary/aromatic N) is 1. The molecule has 0 saturated heterocycles. The van der Waals surface area contributed by atoms with Gasteiger partial charge >= 0.3 is 0 Å². The molecule has 1 aliphatic carbocycles. The van der Waals surface area contributed by atoms with Crippen molar-refractivity contribution in [1.82, 2.24) is 0 Å². The van der Waals surface area contributed by atoms with Crippen molar-refractivity contribution in [2.75, 3.05) is 4.90 Å². The quantitative estimate of drug-likeness (QED) is 0.155. The number of hydrogen-bond donors (Lipinski definition) is 0. The highest BCUT2D eigenvalue weighted by molar-refractivity contribution is 7.25. The van der Waals surface area contributed by atoms with Gasteiger partial charge in [-0.2, -0.15) is 0 Å². The molecule has 1 aromatic heterocycles. The van der Waals surface area contributed by atoms with E-state index in [1.807, 2.05) is 11.3 Å². The second kappa shape index (κ2) is 14.8. The zero-order valence-corrected chi connectivity index (χ0v) is 36.0. The van der Waals surface area contributed by atoms with Crippen LogP contribution in [0, 0.1) is 0 Å². The fourth-order valence-electron chi connectivity index (χ4n) is 10.0. The van der Waals surface area contributed by atoms with Gasteiger partial charge in [-0.3, -0.25) is 0 Å². The molecule has 2 heteroatoms. The highest BCUT2D eigenvalue weighted by Gasteiger charge is 2.36. The van der Waals surface area contributed by atoms with Gasteiger partial charge in [0.15, 0.2) is 0 Å². The van der Waals surface area contributed by atoms with Crippen LogP contribution in [0.1, 0.15) is 25.0 Å². The van der Waals surface area contributed by atoms with E-state index >= 15 is 0 Å². The van der Waals surface area contributed by atoms with Crippen LogP contribution < -0.4 is 4.90 Å². The second-order valence-electron chi connectivity index (χ2n) is 17.3. The molecule has 0 N–H and O–H groups in total. The Labute approximate surface area is 372 Å². The fourth-order valence-corrected chi connectivity index (χ4v) is 11.1. The minimum absolute atomic E-state index is 0.191. The van der Waals surface area contributed by atoms with Gasteiger partial charge in [-0.25, -0.2) is 0 Å². The summed E-state index contributed by atoms with van der Waals surface area (Å²) >= 11 is 1.87. The summed E-state index contributed by atoms with van der Waals surface area (Å²) in [5.74, 6) is 0. The lowest BCUT2D eigenvalue weighted by Crippen LogP contribution is -2.17. The van der Waals surface area contributed by atoms with Crippen LogP contribution in [0.25, 0.3) is 86.6 Å². The van der Waals surface area contributed by atoms with Gasteiger partial charge in [-0.1, -0.05) is 184 Å². The van der Waals surface area contributed by atoms with Crippen molar-refractivity contribution in [3.8, 4) is 55.6 Å². The van der Waals surface area contributed by atoms with Crippen LogP contribution >= 0.6 is 11.3 Å². The number of benzene rings is 10. The molecule has 298 valence electrons. The van der Waals surface area contributed by atoms with Crippen molar-refractivity contribution in [1.29, 1.82) is 0 Å². The number of rotatable bonds is 7. The molecule has 0 unspecified atom stereocenters. The number of fused-ring (bicyclic) bond motifs is 7. The molecule has 11 aromatic rings. The molecular weight excluding hydrogens is 779 g/mol. The molecular formula is C61H43NS. The average molecular weight is 822 g/mol. The normalized spacial score (nSPS) is 12.7. The van der Waals surface area contributed by atoms with Gasteiger partial charge in [-0.05, 0) is 127 Å². The first-order valence-corrected chi connectivity index (χ1v) is 22.6. The highest BCUT2D eigenvalue weighted by Crippen LogP contribution is 2.52. The topological polar surface area (TPSA) is 3.24 Å². The third-order valence-electron chi connectivity index (χ3n) is 13.3. The number of thiophene rings is 1. The molecule has 0 saturated carbocycles. The molecule has 0 fully saturated rings. The summed E-state index contributed by atoms with van der Waals surface area (Å²) < 4.78 is 2.65. The first-order chi connectivity index (χ1) is 31.0. The van der Waals surface area contributed by atoms with E-state index in [1.54, 1.807) is 0 Å². The predicted octanol–water partition coefficient (Wildman–Crippen LogP) is 17.7. The van der Waals surface area contributed by atoms with Gasteiger partial charge < -0.3 is 4.90 Å². The zero-order valence-electron chi connectivity index (χ0n) is 35.2. The third-order valence-corrected chi connectivity index (χ3v) is 14.5. The van der Waals surface area contributed by atoms with Crippen molar-refractivity contribution in [3.63, 3.8) is 0 Å². The SMILES string of the molecule is CC1(C)c2cc(-c3ccccc3)ccc2-c2ccc(N(c3ccc(-c4ccc(-c5ccccc5)cc4)cc3)c3ccc(-c4ccc5sc6ccccc6c5c4)c4ccccc34)cc21. The molecule has 0 spiro atoms. The van der Waals surface area contributed by atoms with E-state index in [-0.39, 0.29) is 5.41 Å². The molecule has 0 aliphatic heterocycles. The van der Waals surface area contributed by atoms with Crippen LogP contribution in [0.15, 0.2) is 224 Å². The van der Waals surface area contributed by atoms with Gasteiger partial charge in [0.1, 0.15) is 0 Å². The maximum Gasteiger partial charge on any atom is 0.0540 e. The minimum Gasteiger partial charge on any atom is -0.310 e. The van der Waals surface area contributed by atoms with Crippen LogP contribution in [-0.4, -0.2) is 0 Å². The summed E-state index contributed by atoms with van der Waals surface area (Å²) in [7, 11) is 0. The van der Waals surface area contributed by atoms with E-state index in [2.05, 4.69) is 243 Å². The molecule has 0 radical (unpaired) electrons. The van der Waals surface area contributed by atoms with Crippen LogP contribution in [-0.2, 0) is 5.41 Å². The van der Waals surface area contributed by atoms with Gasteiger partial charge in [0, 0.05) is 42.3 Å². The van der Waals surface area contributed by atoms with Gasteiger partial charge in [0.2, 0.25) is 0 Å². The Morgan fingerprint density at radius 2 is 0.794 bits per heavy atom. The Morgan fingerprint density at radius 3 is 1.49 bits per heavy atom. The lowest BCUT2D eigenvalue weighted by Gasteiger charge is -2.29. The first kappa shape index (κ1) is 37.3. The van der Waals surface area contributed by atoms with E-state index in [0.717, 1.165) is 17.1 Å². The molecule has 63 heavy (non-hydrogen) atoms. The Balaban J connectivity index is 0.991. The van der Waals surface area contributed by atoms with Gasteiger partial charge in [0.05, 0.1) is 5.69 Å². The summed E-state index contributed by atoms with van der Waals surface area (Å²) in [6, 6.07) is 82.9. The van der Waals surface area contributed by atoms with Crippen LogP contribution in [0.3, 0.4) is 0 Å². The summed E-state index contributed by atoms with van der Waals surface area (Å²) in [4.78, 5) is 2.47. The molecule has 1 aliphatic rings. The Morgan fingerprint density at radius 1 is 0.317 bits per heavy atom. The zero-order chi connectivity index (χ0) is 42.1. The minimum atomic E-state index is -0.191. The fraction of sp³-hybridized carbons (Fsp3) is 0.0492. The molecule has 12 rings (SSSR count). The molecule has 1 nitrogen and oxygen atoms in total. The first-order valence-electron chi connectivity index (χ1n) is 21.8. The summed E-state index contributed by atoms with van der Waals surface area (Å²) in [6.07, 6.45) is 0. The smallest absolute Gasteiger partial charge is 0.0540 e. The van der Waals surface area contributed by atoms with Crippen molar-refractivity contribution in [2.24, 2.45) is 0 Å². The van der Waals surface area contributed by atoms with Crippen molar-refractivity contribution in [3.05, 3.63) is 236 Å². The molecule has 1 heterocycles. The molecule has 0 amide bonds. The van der Waals surface area contributed by atoms with Gasteiger partial charge in [-0.15, -0.1) is 11.3 Å². The lowest BCUT2D eigenvalue weighted by atomic mass is 9.81. The van der Waals surface area contributed by atoms with Crippen LogP contribution in [0.5, 0.6) is 0 Å². The Hall–Kier alpha value is -7.52. The van der Waals surface area contributed by atoms with E-state index < -0.39 is 0 Å². The van der Waals surface area contributed by atoms with Crippen LogP contribution in [0.2, 0.25) is 0 Å². The number of hydrogen-bond acceptors (Lipinski definition) is 2. The van der Waals surface area contributed by atoms with Crippen LogP contribution in [0.4, 0.5) is 17.1 Å². The predicted molar refractivity (Wildman–Crippen MR) is 271 cm³/mol. The molecule has 10 aromatic carbocycles. The monoisotopic (exact) mass is 821 g/mol. The average Bonchev–Trinajstić information content (AvgIpc) is 3.83. The maximum atomic E-state index is 2.47. The lowest BCUT2D eigenvalue weighted by molar-refractivity contribution is 0.660. The Kier molecular flexibility index (Phi) is 8.77. The van der Waals surface area contributed by atoms with Gasteiger partial charge in [0.25, 0.3) is 0 Å². The van der Waals surface area contributed by atoms with E-state index in [0.29, 0.717) is 0 Å². The second-order valence-corrected chi connectivity index (χ2v) is 18.4. The maximum absolute atomic E-state index is 2.47. The van der Waals surface area contributed by atoms with E-state index in [9.17, 15) is 0 Å². The Bertz CT molecular complexity index is 3510. The van der Waals surface area contributed by atoms with Crippen molar-refractivity contribution < 1.29 is 0 Å². The summed E-state index contributed by atoms with van der Waals surface area (Å²) in [5, 5.41) is 5.08. The van der Waals surface area contributed by atoms with E-state index in [4.69, 9.17) is 0 Å².